The van der Waals surface area contributed by atoms with Crippen LogP contribution in [0.1, 0.15) is 24.0 Å². The van der Waals surface area contributed by atoms with Gasteiger partial charge < -0.3 is 10.2 Å². The first-order chi connectivity index (χ1) is 11.3. The predicted molar refractivity (Wildman–Crippen MR) is 77.7 cm³/mol. The Kier molecular flexibility index (Phi) is 5.43. The topological polar surface area (TPSA) is 57.5 Å². The van der Waals surface area contributed by atoms with E-state index in [4.69, 9.17) is 10.2 Å². The van der Waals surface area contributed by atoms with Crippen molar-refractivity contribution in [2.45, 2.75) is 25.7 Å². The van der Waals surface area contributed by atoms with Gasteiger partial charge >= 0.3 is 0 Å². The van der Waals surface area contributed by atoms with Crippen molar-refractivity contribution in [3.05, 3.63) is 58.7 Å². The Morgan fingerprint density at radius 3 is 1.29 bits per heavy atom. The first-order valence-electron chi connectivity index (χ1n) is 7.13. The van der Waals surface area contributed by atoms with E-state index >= 15 is 0 Å². The summed E-state index contributed by atoms with van der Waals surface area (Å²) < 4.78 is 52.7. The van der Waals surface area contributed by atoms with Gasteiger partial charge in [0.05, 0.1) is 0 Å². The van der Waals surface area contributed by atoms with Crippen molar-refractivity contribution in [1.29, 1.82) is 0 Å². The molecule has 0 aliphatic carbocycles. The van der Waals surface area contributed by atoms with Crippen LogP contribution < -0.4 is 0 Å². The molecule has 128 valence electrons. The van der Waals surface area contributed by atoms with E-state index in [-0.39, 0.29) is 42.6 Å². The van der Waals surface area contributed by atoms with E-state index in [1.54, 1.807) is 0 Å². The molecule has 2 aromatic carbocycles. The molecule has 0 amide bonds. The zero-order valence-corrected chi connectivity index (χ0v) is 12.5. The molecule has 0 saturated heterocycles. The van der Waals surface area contributed by atoms with Gasteiger partial charge in [0, 0.05) is 12.8 Å². The van der Waals surface area contributed by atoms with Gasteiger partial charge in [-0.2, -0.15) is 0 Å². The number of benzene rings is 2. The van der Waals surface area contributed by atoms with Crippen molar-refractivity contribution >= 4 is 5.78 Å². The quantitative estimate of drug-likeness (QED) is 0.786. The van der Waals surface area contributed by atoms with E-state index in [1.807, 2.05) is 0 Å². The molecule has 0 unspecified atom stereocenters. The van der Waals surface area contributed by atoms with Crippen LogP contribution in [0.5, 0.6) is 11.5 Å². The highest BCUT2D eigenvalue weighted by Crippen LogP contribution is 2.23. The van der Waals surface area contributed by atoms with Gasteiger partial charge in [0.15, 0.2) is 34.8 Å². The summed E-state index contributed by atoms with van der Waals surface area (Å²) >= 11 is 0. The largest absolute Gasteiger partial charge is 0.503 e. The minimum atomic E-state index is -1.10. The second-order valence-corrected chi connectivity index (χ2v) is 5.35. The van der Waals surface area contributed by atoms with Crippen molar-refractivity contribution in [2.75, 3.05) is 0 Å². The number of halogens is 4. The lowest BCUT2D eigenvalue weighted by molar-refractivity contribution is -0.119. The number of rotatable bonds is 6. The minimum absolute atomic E-state index is 0.00724. The summed E-state index contributed by atoms with van der Waals surface area (Å²) in [5.41, 5.74) is 0.441. The lowest BCUT2D eigenvalue weighted by Gasteiger charge is -2.05. The van der Waals surface area contributed by atoms with Crippen LogP contribution in [0.2, 0.25) is 0 Å². The SMILES string of the molecule is O=C(CCc1cc(F)c(O)c(F)c1)CCc1cc(F)c(O)c(F)c1. The molecule has 0 heterocycles. The molecule has 0 saturated carbocycles. The summed E-state index contributed by atoms with van der Waals surface area (Å²) in [6, 6.07) is 3.76. The van der Waals surface area contributed by atoms with Crippen molar-refractivity contribution in [1.82, 2.24) is 0 Å². The van der Waals surface area contributed by atoms with E-state index in [2.05, 4.69) is 0 Å². The van der Waals surface area contributed by atoms with Crippen molar-refractivity contribution in [3.8, 4) is 11.5 Å². The first kappa shape index (κ1) is 17.8. The number of carbonyl (C=O) groups is 1. The van der Waals surface area contributed by atoms with E-state index in [1.165, 1.54) is 0 Å². The van der Waals surface area contributed by atoms with Crippen LogP contribution in [0.4, 0.5) is 17.6 Å². The molecule has 24 heavy (non-hydrogen) atoms. The maximum atomic E-state index is 13.2. The fourth-order valence-corrected chi connectivity index (χ4v) is 2.22. The van der Waals surface area contributed by atoms with Gasteiger partial charge in [-0.3, -0.25) is 4.79 Å². The average molecular weight is 342 g/mol. The normalized spacial score (nSPS) is 10.8. The molecule has 7 heteroatoms. The first-order valence-corrected chi connectivity index (χ1v) is 7.13. The molecular formula is C17H14F4O3. The molecule has 3 nitrogen and oxygen atoms in total. The molecule has 0 aromatic heterocycles. The Bertz CT molecular complexity index is 665. The molecular weight excluding hydrogens is 328 g/mol. The molecule has 0 bridgehead atoms. The Hall–Kier alpha value is -2.57. The summed E-state index contributed by atoms with van der Waals surface area (Å²) in [6.07, 6.45) is 0.135. The van der Waals surface area contributed by atoms with Gasteiger partial charge in [-0.1, -0.05) is 0 Å². The van der Waals surface area contributed by atoms with Crippen LogP contribution in [-0.4, -0.2) is 16.0 Å². The van der Waals surface area contributed by atoms with Gasteiger partial charge in [-0.05, 0) is 48.2 Å². The summed E-state index contributed by atoms with van der Waals surface area (Å²) in [5, 5.41) is 18.0. The molecule has 0 radical (unpaired) electrons. The number of carbonyl (C=O) groups excluding carboxylic acids is 1. The monoisotopic (exact) mass is 342 g/mol. The zero-order chi connectivity index (χ0) is 17.9. The standard InChI is InChI=1S/C17H14F4O3/c18-12-5-9(6-13(19)16(12)23)1-3-11(22)4-2-10-7-14(20)17(24)15(21)8-10/h5-8,23-24H,1-4H2. The molecule has 0 aliphatic rings. The highest BCUT2D eigenvalue weighted by atomic mass is 19.1. The number of phenols is 2. The van der Waals surface area contributed by atoms with Gasteiger partial charge in [0.25, 0.3) is 0 Å². The Morgan fingerprint density at radius 1 is 0.708 bits per heavy atom. The molecule has 0 aliphatic heterocycles. The molecule has 0 spiro atoms. The number of hydrogen-bond acceptors (Lipinski definition) is 3. The highest BCUT2D eigenvalue weighted by Gasteiger charge is 2.13. The smallest absolute Gasteiger partial charge is 0.187 e. The second kappa shape index (κ2) is 7.33. The Labute approximate surface area is 135 Å². The third-order valence-corrected chi connectivity index (χ3v) is 3.54. The molecule has 2 N–H and O–H groups in total. The van der Waals surface area contributed by atoms with Gasteiger partial charge in [-0.15, -0.1) is 0 Å². The maximum Gasteiger partial charge on any atom is 0.187 e. The van der Waals surface area contributed by atoms with E-state index in [0.29, 0.717) is 0 Å². The predicted octanol–water partition coefficient (Wildman–Crippen LogP) is 3.79. The molecule has 0 fully saturated rings. The minimum Gasteiger partial charge on any atom is -0.503 e. The molecule has 2 aromatic rings. The van der Waals surface area contributed by atoms with E-state index in [9.17, 15) is 22.4 Å². The fourth-order valence-electron chi connectivity index (χ4n) is 2.22. The number of phenolic OH excluding ortho intramolecular Hbond substituents is 2. The van der Waals surface area contributed by atoms with Crippen molar-refractivity contribution in [2.24, 2.45) is 0 Å². The van der Waals surface area contributed by atoms with Crippen LogP contribution in [0.25, 0.3) is 0 Å². The number of ketones is 1. The van der Waals surface area contributed by atoms with E-state index in [0.717, 1.165) is 24.3 Å². The lowest BCUT2D eigenvalue weighted by Crippen LogP contribution is -2.03. The Balaban J connectivity index is 1.90. The zero-order valence-electron chi connectivity index (χ0n) is 12.5. The number of Topliss-reactive ketones (excluding diaryl/α,β-unsaturated/α-hetero) is 1. The summed E-state index contributed by atoms with van der Waals surface area (Å²) in [5.74, 6) is -6.80. The van der Waals surface area contributed by atoms with Crippen LogP contribution in [0.3, 0.4) is 0 Å². The Morgan fingerprint density at radius 2 is 1.00 bits per heavy atom. The van der Waals surface area contributed by atoms with Gasteiger partial charge in [0.2, 0.25) is 0 Å². The molecule has 2 rings (SSSR count). The van der Waals surface area contributed by atoms with Crippen LogP contribution in [0.15, 0.2) is 24.3 Å². The number of hydrogen-bond donors (Lipinski definition) is 2. The third kappa shape index (κ3) is 4.24. The van der Waals surface area contributed by atoms with Crippen LogP contribution >= 0.6 is 0 Å². The maximum absolute atomic E-state index is 13.2. The van der Waals surface area contributed by atoms with E-state index < -0.39 is 34.8 Å². The summed E-state index contributed by atoms with van der Waals surface area (Å²) in [4.78, 5) is 11.8. The van der Waals surface area contributed by atoms with Crippen LogP contribution in [0, 0.1) is 23.3 Å². The third-order valence-electron chi connectivity index (χ3n) is 3.54. The molecule has 0 atom stereocenters. The summed E-state index contributed by atoms with van der Waals surface area (Å²) in [6.45, 7) is 0. The average Bonchev–Trinajstić information content (AvgIpc) is 2.53. The number of aromatic hydroxyl groups is 2. The van der Waals surface area contributed by atoms with Crippen molar-refractivity contribution < 1.29 is 32.6 Å². The lowest BCUT2D eigenvalue weighted by atomic mass is 10.0. The summed E-state index contributed by atoms with van der Waals surface area (Å²) in [7, 11) is 0. The fraction of sp³-hybridized carbons (Fsp3) is 0.235. The van der Waals surface area contributed by atoms with Crippen LogP contribution in [-0.2, 0) is 17.6 Å². The highest BCUT2D eigenvalue weighted by molar-refractivity contribution is 5.78. The van der Waals surface area contributed by atoms with Gasteiger partial charge in [-0.25, -0.2) is 17.6 Å². The van der Waals surface area contributed by atoms with Crippen molar-refractivity contribution in [3.63, 3.8) is 0 Å². The second-order valence-electron chi connectivity index (χ2n) is 5.35. The van der Waals surface area contributed by atoms with Gasteiger partial charge in [0.1, 0.15) is 5.78 Å². The number of aryl methyl sites for hydroxylation is 2.